The van der Waals surface area contributed by atoms with Crippen molar-refractivity contribution in [1.29, 1.82) is 0 Å². The van der Waals surface area contributed by atoms with Gasteiger partial charge in [0.1, 0.15) is 0 Å². The van der Waals surface area contributed by atoms with Crippen molar-refractivity contribution in [2.45, 2.75) is 76.6 Å². The molecule has 0 bridgehead atoms. The summed E-state index contributed by atoms with van der Waals surface area (Å²) in [6.45, 7) is 2.21. The molecule has 0 aliphatic heterocycles. The fraction of sp³-hybridized carbons (Fsp3) is 0.857. The summed E-state index contributed by atoms with van der Waals surface area (Å²) in [6.07, 6.45) is 11.1. The van der Waals surface area contributed by atoms with Crippen LogP contribution >= 0.6 is 12.6 Å². The fourth-order valence-electron chi connectivity index (χ4n) is 1.82. The van der Waals surface area contributed by atoms with Gasteiger partial charge < -0.3 is 10.5 Å². The Kier molecular flexibility index (Phi) is 11.9. The quantitative estimate of drug-likeness (QED) is 0.251. The van der Waals surface area contributed by atoms with Gasteiger partial charge in [-0.25, -0.2) is 0 Å². The number of carbonyl (C=O) groups is 2. The smallest absolute Gasteiger partial charge is 0.307 e. The number of unbranched alkanes of at least 4 members (excludes halogenated alkanes) is 8. The Morgan fingerprint density at radius 3 is 1.95 bits per heavy atom. The molecule has 0 spiro atoms. The maximum atomic E-state index is 11.3. The summed E-state index contributed by atoms with van der Waals surface area (Å²) < 4.78 is 4.73. The number of primary amides is 1. The lowest BCUT2D eigenvalue weighted by Crippen LogP contribution is -2.28. The Morgan fingerprint density at radius 1 is 1.00 bits per heavy atom. The predicted molar refractivity (Wildman–Crippen MR) is 79.9 cm³/mol. The highest BCUT2D eigenvalue weighted by atomic mass is 32.1. The van der Waals surface area contributed by atoms with Gasteiger partial charge in [-0.1, -0.05) is 58.3 Å². The topological polar surface area (TPSA) is 69.4 Å². The molecule has 5 heteroatoms. The highest BCUT2D eigenvalue weighted by molar-refractivity contribution is 7.81. The SMILES string of the molecule is CCCCCCCCCCCC(=O)OC(S)C(N)=O. The number of thiol groups is 1. The van der Waals surface area contributed by atoms with Crippen molar-refractivity contribution in [2.75, 3.05) is 0 Å². The molecule has 2 N–H and O–H groups in total. The van der Waals surface area contributed by atoms with Crippen molar-refractivity contribution < 1.29 is 14.3 Å². The molecule has 0 radical (unpaired) electrons. The second kappa shape index (κ2) is 12.3. The molecular weight excluding hydrogens is 262 g/mol. The van der Waals surface area contributed by atoms with Crippen molar-refractivity contribution in [1.82, 2.24) is 0 Å². The van der Waals surface area contributed by atoms with E-state index < -0.39 is 17.3 Å². The molecule has 0 rings (SSSR count). The summed E-state index contributed by atoms with van der Waals surface area (Å²) in [5.74, 6) is -1.13. The molecule has 1 unspecified atom stereocenters. The van der Waals surface area contributed by atoms with E-state index in [0.29, 0.717) is 6.42 Å². The van der Waals surface area contributed by atoms with Crippen molar-refractivity contribution in [3.8, 4) is 0 Å². The zero-order valence-corrected chi connectivity index (χ0v) is 12.8. The lowest BCUT2D eigenvalue weighted by molar-refractivity contribution is -0.149. The second-order valence-corrected chi connectivity index (χ2v) is 5.29. The van der Waals surface area contributed by atoms with Gasteiger partial charge in [0.05, 0.1) is 0 Å². The number of rotatable bonds is 12. The average Bonchev–Trinajstić information content (AvgIpc) is 2.36. The van der Waals surface area contributed by atoms with Crippen LogP contribution < -0.4 is 5.73 Å². The van der Waals surface area contributed by atoms with Gasteiger partial charge in [0.25, 0.3) is 5.91 Å². The maximum absolute atomic E-state index is 11.3. The highest BCUT2D eigenvalue weighted by Crippen LogP contribution is 2.11. The molecule has 0 fully saturated rings. The number of nitrogens with two attached hydrogens (primary N) is 1. The summed E-state index contributed by atoms with van der Waals surface area (Å²) in [7, 11) is 0. The van der Waals surface area contributed by atoms with Gasteiger partial charge in [0.2, 0.25) is 5.44 Å². The summed E-state index contributed by atoms with van der Waals surface area (Å²) in [5.41, 5.74) is 3.82. The summed E-state index contributed by atoms with van der Waals surface area (Å²) in [4.78, 5) is 21.9. The lowest BCUT2D eigenvalue weighted by atomic mass is 10.1. The third kappa shape index (κ3) is 12.1. The van der Waals surface area contributed by atoms with E-state index in [1.54, 1.807) is 0 Å². The average molecular weight is 289 g/mol. The zero-order valence-electron chi connectivity index (χ0n) is 11.9. The van der Waals surface area contributed by atoms with E-state index in [4.69, 9.17) is 10.5 Å². The normalized spacial score (nSPS) is 12.1. The molecule has 0 aliphatic rings. The van der Waals surface area contributed by atoms with Crippen LogP contribution in [0, 0.1) is 0 Å². The third-order valence-corrected chi connectivity index (χ3v) is 3.33. The Bertz CT molecular complexity index is 259. The van der Waals surface area contributed by atoms with Gasteiger partial charge in [-0.2, -0.15) is 0 Å². The fourth-order valence-corrected chi connectivity index (χ4v) is 1.94. The largest absolute Gasteiger partial charge is 0.441 e. The van der Waals surface area contributed by atoms with E-state index >= 15 is 0 Å². The van der Waals surface area contributed by atoms with Crippen molar-refractivity contribution in [3.05, 3.63) is 0 Å². The zero-order chi connectivity index (χ0) is 14.5. The first-order chi connectivity index (χ1) is 9.07. The molecule has 0 aliphatic carbocycles. The van der Waals surface area contributed by atoms with Gasteiger partial charge in [0, 0.05) is 6.42 Å². The molecule has 4 nitrogen and oxygen atoms in total. The van der Waals surface area contributed by atoms with E-state index in [9.17, 15) is 9.59 Å². The molecule has 112 valence electrons. The minimum Gasteiger partial charge on any atom is -0.441 e. The van der Waals surface area contributed by atoms with Gasteiger partial charge >= 0.3 is 5.97 Å². The van der Waals surface area contributed by atoms with Gasteiger partial charge in [-0.15, -0.1) is 12.6 Å². The Hall–Kier alpha value is -0.710. The van der Waals surface area contributed by atoms with Crippen LogP contribution in [0.2, 0.25) is 0 Å². The van der Waals surface area contributed by atoms with Crippen molar-refractivity contribution in [3.63, 3.8) is 0 Å². The van der Waals surface area contributed by atoms with Gasteiger partial charge in [-0.3, -0.25) is 9.59 Å². The number of carbonyl (C=O) groups excluding carboxylic acids is 2. The number of ether oxygens (including phenoxy) is 1. The summed E-state index contributed by atoms with van der Waals surface area (Å²) in [6, 6.07) is 0. The predicted octanol–water partition coefficient (Wildman–Crippen LogP) is 3.19. The summed E-state index contributed by atoms with van der Waals surface area (Å²) in [5, 5.41) is 0. The maximum Gasteiger partial charge on any atom is 0.307 e. The van der Waals surface area contributed by atoms with Crippen LogP contribution in [0.25, 0.3) is 0 Å². The first-order valence-corrected chi connectivity index (χ1v) is 7.76. The van der Waals surface area contributed by atoms with E-state index in [1.807, 2.05) is 0 Å². The third-order valence-electron chi connectivity index (χ3n) is 2.97. The van der Waals surface area contributed by atoms with E-state index in [-0.39, 0.29) is 0 Å². The number of esters is 1. The van der Waals surface area contributed by atoms with Crippen molar-refractivity contribution >= 4 is 24.5 Å². The van der Waals surface area contributed by atoms with Gasteiger partial charge in [-0.05, 0) is 6.42 Å². The van der Waals surface area contributed by atoms with Crippen LogP contribution in [0.4, 0.5) is 0 Å². The van der Waals surface area contributed by atoms with Crippen LogP contribution in [-0.2, 0) is 14.3 Å². The molecular formula is C14H27NO3S. The Labute approximate surface area is 121 Å². The molecule has 0 aromatic heterocycles. The molecule has 1 amide bonds. The molecule has 0 saturated heterocycles. The lowest BCUT2D eigenvalue weighted by Gasteiger charge is -2.08. The molecule has 0 saturated carbocycles. The number of hydrogen-bond acceptors (Lipinski definition) is 4. The molecule has 1 atom stereocenters. The van der Waals surface area contributed by atoms with Crippen LogP contribution in [0.3, 0.4) is 0 Å². The Morgan fingerprint density at radius 2 is 1.47 bits per heavy atom. The molecule has 0 aromatic carbocycles. The van der Waals surface area contributed by atoms with Crippen LogP contribution in [-0.4, -0.2) is 17.3 Å². The highest BCUT2D eigenvalue weighted by Gasteiger charge is 2.14. The minimum atomic E-state index is -1.12. The molecule has 0 heterocycles. The van der Waals surface area contributed by atoms with Gasteiger partial charge in [0.15, 0.2) is 0 Å². The summed E-state index contributed by atoms with van der Waals surface area (Å²) >= 11 is 3.77. The number of hydrogen-bond donors (Lipinski definition) is 2. The van der Waals surface area contributed by atoms with E-state index in [1.165, 1.54) is 38.5 Å². The van der Waals surface area contributed by atoms with Crippen molar-refractivity contribution in [2.24, 2.45) is 5.73 Å². The first kappa shape index (κ1) is 18.3. The van der Waals surface area contributed by atoms with Crippen LogP contribution in [0.1, 0.15) is 71.1 Å². The first-order valence-electron chi connectivity index (χ1n) is 7.24. The molecule has 19 heavy (non-hydrogen) atoms. The van der Waals surface area contributed by atoms with Crippen LogP contribution in [0.5, 0.6) is 0 Å². The van der Waals surface area contributed by atoms with E-state index in [0.717, 1.165) is 19.3 Å². The standard InChI is InChI=1S/C14H27NO3S/c1-2-3-4-5-6-7-8-9-10-11-12(16)18-14(19)13(15)17/h14,19H,2-11H2,1H3,(H2,15,17). The molecule has 0 aromatic rings. The second-order valence-electron chi connectivity index (χ2n) is 4.82. The monoisotopic (exact) mass is 289 g/mol. The Balaban J connectivity index is 3.30. The minimum absolute atomic E-state index is 0.334. The van der Waals surface area contributed by atoms with Crippen LogP contribution in [0.15, 0.2) is 0 Å². The number of amides is 1. The van der Waals surface area contributed by atoms with E-state index in [2.05, 4.69) is 19.6 Å².